The quantitative estimate of drug-likeness (QED) is 0.0984. The number of ether oxygens (including phenoxy) is 4. The summed E-state index contributed by atoms with van der Waals surface area (Å²) in [5.41, 5.74) is 3.59. The molecule has 2 atom stereocenters. The largest absolute Gasteiger partial charge is 0.477 e. The third-order valence-electron chi connectivity index (χ3n) is 12.0. The molecule has 6 aromatic rings. The van der Waals surface area contributed by atoms with Crippen molar-refractivity contribution in [1.29, 1.82) is 0 Å². The molecule has 0 radical (unpaired) electrons. The van der Waals surface area contributed by atoms with Gasteiger partial charge in [0, 0.05) is 71.6 Å². The molecule has 0 aliphatic carbocycles. The fraction of sp³-hybridized carbons (Fsp3) is 0.367. The summed E-state index contributed by atoms with van der Waals surface area (Å²) in [5.74, 6) is -0.663. The van der Waals surface area contributed by atoms with E-state index in [1.54, 1.807) is 36.4 Å². The fourth-order valence-electron chi connectivity index (χ4n) is 8.33. The van der Waals surface area contributed by atoms with Gasteiger partial charge in [-0.1, -0.05) is 12.1 Å². The van der Waals surface area contributed by atoms with E-state index in [9.17, 15) is 35.9 Å². The molecule has 0 spiro atoms. The van der Waals surface area contributed by atoms with Crippen LogP contribution in [0, 0.1) is 13.8 Å². The van der Waals surface area contributed by atoms with E-state index in [1.165, 1.54) is 6.07 Å². The van der Waals surface area contributed by atoms with Crippen molar-refractivity contribution in [3.8, 4) is 34.3 Å². The first-order valence-electron chi connectivity index (χ1n) is 22.5. The average Bonchev–Trinajstić information content (AvgIpc) is 3.35. The zero-order chi connectivity index (χ0) is 49.6. The summed E-state index contributed by atoms with van der Waals surface area (Å²) in [4.78, 5) is 36.3. The summed E-state index contributed by atoms with van der Waals surface area (Å²) in [5, 5.41) is 23.4. The number of carbonyl (C=O) groups is 2. The molecule has 8 rings (SSSR count). The minimum atomic E-state index is -4.71. The average molecular weight is 972 g/mol. The van der Waals surface area contributed by atoms with Gasteiger partial charge < -0.3 is 29.6 Å². The monoisotopic (exact) mass is 971 g/mol. The lowest BCUT2D eigenvalue weighted by atomic mass is 9.87. The van der Waals surface area contributed by atoms with Gasteiger partial charge >= 0.3 is 12.4 Å². The number of aromatic nitrogens is 7. The normalized spacial score (nSPS) is 16.6. The summed E-state index contributed by atoms with van der Waals surface area (Å²) in [7, 11) is 0. The Bertz CT molecular complexity index is 2840. The number of amides is 2. The van der Waals surface area contributed by atoms with Crippen LogP contribution < -0.4 is 20.1 Å². The summed E-state index contributed by atoms with van der Waals surface area (Å²) in [6.07, 6.45) is -4.09. The van der Waals surface area contributed by atoms with Crippen LogP contribution in [0.1, 0.15) is 105 Å². The highest BCUT2D eigenvalue weighted by Crippen LogP contribution is 2.40. The number of alkyl halides is 6. The van der Waals surface area contributed by atoms with Crippen LogP contribution in [0.5, 0.6) is 11.8 Å². The minimum absolute atomic E-state index is 0.0317. The highest BCUT2D eigenvalue weighted by Gasteiger charge is 2.34. The Morgan fingerprint density at radius 3 is 1.87 bits per heavy atom. The SMILES string of the molecule is CCOc1nnc(-c2cc(NC(=O)c3ccnc(C(F)(F)F)c3)ccc2C)cc1C1CCOC(CCOc2nnc(-c3cc(NC(=O)c4cnc(C(F)(F)F)cn4)ccc3C)cc2C2CCOCC2)C1. The van der Waals surface area contributed by atoms with Gasteiger partial charge in [-0.25, -0.2) is 9.97 Å². The van der Waals surface area contributed by atoms with Crippen molar-refractivity contribution in [1.82, 2.24) is 35.3 Å². The molecule has 2 aromatic carbocycles. The van der Waals surface area contributed by atoms with Gasteiger partial charge in [0.05, 0.1) is 43.1 Å². The first kappa shape index (κ1) is 49.3. The minimum Gasteiger partial charge on any atom is -0.477 e. The molecule has 2 N–H and O–H groups in total. The molecule has 2 aliphatic heterocycles. The number of rotatable bonds is 14. The van der Waals surface area contributed by atoms with E-state index in [-0.39, 0.29) is 35.8 Å². The van der Waals surface area contributed by atoms with Crippen LogP contribution in [0.25, 0.3) is 22.5 Å². The predicted molar refractivity (Wildman–Crippen MR) is 242 cm³/mol. The van der Waals surface area contributed by atoms with Crippen molar-refractivity contribution in [2.75, 3.05) is 43.7 Å². The van der Waals surface area contributed by atoms with Crippen LogP contribution in [0.3, 0.4) is 0 Å². The molecule has 0 bridgehead atoms. The molecule has 0 saturated carbocycles. The number of carbonyl (C=O) groups excluding carboxylic acids is 2. The number of aryl methyl sites for hydroxylation is 2. The topological polar surface area (TPSA) is 185 Å². The second kappa shape index (κ2) is 21.2. The molecule has 4 aromatic heterocycles. The van der Waals surface area contributed by atoms with E-state index in [2.05, 4.69) is 46.0 Å². The molecule has 21 heteroatoms. The van der Waals surface area contributed by atoms with Crippen LogP contribution in [0.15, 0.2) is 79.3 Å². The number of anilines is 2. The first-order chi connectivity index (χ1) is 33.5. The molecular formula is C49H47F6N9O6. The number of benzene rings is 2. The zero-order valence-electron chi connectivity index (χ0n) is 38.2. The Labute approximate surface area is 397 Å². The summed E-state index contributed by atoms with van der Waals surface area (Å²) < 4.78 is 103. The third-order valence-corrected chi connectivity index (χ3v) is 12.0. The maximum Gasteiger partial charge on any atom is 0.434 e. The van der Waals surface area contributed by atoms with Crippen LogP contribution in [0.4, 0.5) is 37.7 Å². The molecule has 2 fully saturated rings. The lowest BCUT2D eigenvalue weighted by Crippen LogP contribution is -2.27. The lowest BCUT2D eigenvalue weighted by molar-refractivity contribution is -0.142. The number of nitrogens with zero attached hydrogens (tertiary/aromatic N) is 7. The molecule has 70 heavy (non-hydrogen) atoms. The van der Waals surface area contributed by atoms with Crippen molar-refractivity contribution in [2.45, 2.75) is 83.2 Å². The van der Waals surface area contributed by atoms with E-state index in [0.717, 1.165) is 47.5 Å². The fourth-order valence-corrected chi connectivity index (χ4v) is 8.33. The van der Waals surface area contributed by atoms with Crippen LogP contribution in [-0.4, -0.2) is 86.3 Å². The van der Waals surface area contributed by atoms with Gasteiger partial charge in [0.15, 0.2) is 5.69 Å². The molecule has 2 saturated heterocycles. The van der Waals surface area contributed by atoms with Gasteiger partial charge in [-0.15, -0.1) is 20.4 Å². The smallest absolute Gasteiger partial charge is 0.434 e. The van der Waals surface area contributed by atoms with Gasteiger partial charge in [0.25, 0.3) is 11.8 Å². The molecule has 2 amide bonds. The van der Waals surface area contributed by atoms with Gasteiger partial charge in [-0.3, -0.25) is 14.6 Å². The number of hydrogen-bond donors (Lipinski definition) is 2. The van der Waals surface area contributed by atoms with Gasteiger partial charge in [0.2, 0.25) is 11.8 Å². The van der Waals surface area contributed by atoms with E-state index in [4.69, 9.17) is 18.9 Å². The van der Waals surface area contributed by atoms with E-state index in [1.807, 2.05) is 32.9 Å². The second-order valence-corrected chi connectivity index (χ2v) is 16.8. The number of hydrogen-bond acceptors (Lipinski definition) is 13. The molecule has 2 aliphatic rings. The lowest BCUT2D eigenvalue weighted by Gasteiger charge is -2.30. The standard InChI is InChI=1S/C49H47F6N9O6/c1-4-68-46-38(24-40(61-63-46)35-21-32(7-5-27(35)2)59-44(65)31-9-14-56-42(20-31)48(50,51)52)30-12-17-69-34(19-30)13-18-70-47-37(29-10-15-67-16-11-29)23-39(62-64-47)36-22-33(8-6-28(36)3)60-45(66)41-25-58-43(26-57-41)49(53,54)55/h5-9,14,20-26,29-30,34H,4,10-13,15-19H2,1-3H3,(H,59,65)(H,60,66). The number of halogens is 6. The molecule has 6 heterocycles. The molecular weight excluding hydrogens is 925 g/mol. The van der Waals surface area contributed by atoms with Crippen molar-refractivity contribution in [3.05, 3.63) is 124 Å². The Morgan fingerprint density at radius 1 is 0.671 bits per heavy atom. The van der Waals surface area contributed by atoms with Gasteiger partial charge in [-0.2, -0.15) is 26.3 Å². The molecule has 2 unspecified atom stereocenters. The summed E-state index contributed by atoms with van der Waals surface area (Å²) >= 11 is 0. The van der Waals surface area contributed by atoms with Crippen LogP contribution in [0.2, 0.25) is 0 Å². The van der Waals surface area contributed by atoms with Crippen LogP contribution >= 0.6 is 0 Å². The Kier molecular flexibility index (Phi) is 15.0. The van der Waals surface area contributed by atoms with Gasteiger partial charge in [-0.05, 0) is 118 Å². The van der Waals surface area contributed by atoms with E-state index >= 15 is 0 Å². The van der Waals surface area contributed by atoms with Crippen molar-refractivity contribution in [3.63, 3.8) is 0 Å². The summed E-state index contributed by atoms with van der Waals surface area (Å²) in [6.45, 7) is 7.82. The predicted octanol–water partition coefficient (Wildman–Crippen LogP) is 9.97. The van der Waals surface area contributed by atoms with E-state index < -0.39 is 35.6 Å². The Morgan fingerprint density at radius 2 is 1.27 bits per heavy atom. The third kappa shape index (κ3) is 11.8. The van der Waals surface area contributed by atoms with Crippen LogP contribution in [-0.2, 0) is 21.8 Å². The Balaban J connectivity index is 0.957. The first-order valence-corrected chi connectivity index (χ1v) is 22.5. The van der Waals surface area contributed by atoms with Crippen molar-refractivity contribution in [2.24, 2.45) is 0 Å². The van der Waals surface area contributed by atoms with Crippen molar-refractivity contribution < 1.29 is 54.9 Å². The number of nitrogens with one attached hydrogen (secondary N) is 2. The zero-order valence-corrected chi connectivity index (χ0v) is 38.2. The maximum absolute atomic E-state index is 13.3. The highest BCUT2D eigenvalue weighted by molar-refractivity contribution is 6.04. The van der Waals surface area contributed by atoms with Crippen molar-refractivity contribution >= 4 is 23.2 Å². The maximum atomic E-state index is 13.3. The second-order valence-electron chi connectivity index (χ2n) is 16.8. The van der Waals surface area contributed by atoms with Gasteiger partial charge in [0.1, 0.15) is 11.4 Å². The Hall–Kier alpha value is -7.13. The molecule has 366 valence electrons. The van der Waals surface area contributed by atoms with E-state index in [0.29, 0.717) is 104 Å². The summed E-state index contributed by atoms with van der Waals surface area (Å²) in [6, 6.07) is 16.1. The highest BCUT2D eigenvalue weighted by atomic mass is 19.4. The number of pyridine rings is 1. The molecule has 15 nitrogen and oxygen atoms in total.